The Morgan fingerprint density at radius 2 is 2.04 bits per heavy atom. The van der Waals surface area contributed by atoms with E-state index in [9.17, 15) is 8.42 Å². The van der Waals surface area contributed by atoms with Crippen LogP contribution in [0.3, 0.4) is 0 Å². The van der Waals surface area contributed by atoms with Gasteiger partial charge in [0.05, 0.1) is 10.8 Å². The molecule has 0 aromatic carbocycles. The lowest BCUT2D eigenvalue weighted by atomic mass is 10.3. The first-order chi connectivity index (χ1) is 11.6. The average Bonchev–Trinajstić information content (AvgIpc) is 3.13. The fourth-order valence-corrected chi connectivity index (χ4v) is 3.98. The molecule has 136 valence electrons. The summed E-state index contributed by atoms with van der Waals surface area (Å²) in [6.45, 7) is 6.61. The van der Waals surface area contributed by atoms with Gasteiger partial charge in [0.15, 0.2) is 5.96 Å². The number of anilines is 1. The van der Waals surface area contributed by atoms with E-state index in [0.29, 0.717) is 13.1 Å². The number of piperazine rings is 1. The molecular formula is C15H27N5O2S2. The number of guanidine groups is 1. The van der Waals surface area contributed by atoms with Gasteiger partial charge in [-0.3, -0.25) is 4.99 Å². The molecule has 9 heteroatoms. The molecule has 0 atom stereocenters. The number of thiophene rings is 1. The van der Waals surface area contributed by atoms with Gasteiger partial charge in [-0.1, -0.05) is 0 Å². The molecule has 0 amide bonds. The quantitative estimate of drug-likeness (QED) is 0.419. The highest BCUT2D eigenvalue weighted by molar-refractivity contribution is 7.89. The summed E-state index contributed by atoms with van der Waals surface area (Å²) in [5.74, 6) is 1.01. The van der Waals surface area contributed by atoms with Gasteiger partial charge in [-0.2, -0.15) is 0 Å². The van der Waals surface area contributed by atoms with Gasteiger partial charge >= 0.3 is 0 Å². The molecule has 1 aliphatic heterocycles. The third kappa shape index (κ3) is 5.64. The number of hydrogen-bond acceptors (Lipinski definition) is 5. The lowest BCUT2D eigenvalue weighted by Gasteiger charge is -2.37. The number of nitrogens with one attached hydrogen (secondary N) is 2. The van der Waals surface area contributed by atoms with Crippen LogP contribution in [0, 0.1) is 0 Å². The summed E-state index contributed by atoms with van der Waals surface area (Å²) >= 11 is 1.77. The van der Waals surface area contributed by atoms with Crippen LogP contribution in [0.2, 0.25) is 0 Å². The Bertz CT molecular complexity index is 608. The molecule has 1 fully saturated rings. The van der Waals surface area contributed by atoms with Crippen LogP contribution in [-0.2, 0) is 10.0 Å². The maximum Gasteiger partial charge on any atom is 0.211 e. The second kappa shape index (κ2) is 9.24. The predicted octanol–water partition coefficient (Wildman–Crippen LogP) is 0.775. The van der Waals surface area contributed by atoms with Crippen molar-refractivity contribution >= 4 is 32.3 Å². The van der Waals surface area contributed by atoms with Crippen molar-refractivity contribution in [3.63, 3.8) is 0 Å². The first-order valence-electron chi connectivity index (χ1n) is 8.27. The third-order valence-corrected chi connectivity index (χ3v) is 6.28. The van der Waals surface area contributed by atoms with Crippen LogP contribution in [0.5, 0.6) is 0 Å². The Morgan fingerprint density at radius 1 is 1.29 bits per heavy atom. The van der Waals surface area contributed by atoms with E-state index >= 15 is 0 Å². The van der Waals surface area contributed by atoms with Crippen molar-refractivity contribution in [1.29, 1.82) is 0 Å². The first-order valence-corrected chi connectivity index (χ1v) is 10.8. The van der Waals surface area contributed by atoms with Crippen LogP contribution in [0.15, 0.2) is 22.5 Å². The van der Waals surface area contributed by atoms with Crippen LogP contribution in [0.1, 0.15) is 13.3 Å². The molecule has 2 heterocycles. The predicted molar refractivity (Wildman–Crippen MR) is 102 cm³/mol. The molecule has 24 heavy (non-hydrogen) atoms. The van der Waals surface area contributed by atoms with Gasteiger partial charge in [0.2, 0.25) is 10.0 Å². The second-order valence-electron chi connectivity index (χ2n) is 5.55. The van der Waals surface area contributed by atoms with Crippen LogP contribution in [0.25, 0.3) is 0 Å². The molecule has 0 bridgehead atoms. The monoisotopic (exact) mass is 373 g/mol. The number of sulfonamides is 1. The van der Waals surface area contributed by atoms with E-state index in [4.69, 9.17) is 0 Å². The van der Waals surface area contributed by atoms with Crippen molar-refractivity contribution in [2.75, 3.05) is 57.0 Å². The van der Waals surface area contributed by atoms with E-state index in [1.807, 2.05) is 0 Å². The molecule has 0 spiro atoms. The van der Waals surface area contributed by atoms with Gasteiger partial charge in [-0.25, -0.2) is 13.1 Å². The standard InChI is InChI=1S/C15H27N5O2S2/c1-3-24(21,22)18-8-5-7-17-15(16-2)20-11-9-19(10-12-20)14-6-4-13-23-14/h4,6,13,18H,3,5,7-12H2,1-2H3,(H,16,17). The lowest BCUT2D eigenvalue weighted by molar-refractivity contribution is 0.373. The normalized spacial score (nSPS) is 16.5. The molecule has 0 unspecified atom stereocenters. The van der Waals surface area contributed by atoms with Crippen LogP contribution in [-0.4, -0.2) is 71.3 Å². The van der Waals surface area contributed by atoms with Crippen molar-refractivity contribution in [2.45, 2.75) is 13.3 Å². The minimum Gasteiger partial charge on any atom is -0.360 e. The third-order valence-electron chi connectivity index (χ3n) is 3.95. The van der Waals surface area contributed by atoms with Gasteiger partial charge in [-0.15, -0.1) is 11.3 Å². The Balaban J connectivity index is 1.69. The van der Waals surface area contributed by atoms with Gasteiger partial charge < -0.3 is 15.1 Å². The number of rotatable bonds is 7. The molecule has 1 saturated heterocycles. The fraction of sp³-hybridized carbons (Fsp3) is 0.667. The highest BCUT2D eigenvalue weighted by Gasteiger charge is 2.20. The number of hydrogen-bond donors (Lipinski definition) is 2. The van der Waals surface area contributed by atoms with Crippen molar-refractivity contribution in [3.8, 4) is 0 Å². The van der Waals surface area contributed by atoms with Gasteiger partial charge in [0.25, 0.3) is 0 Å². The first kappa shape index (κ1) is 19.0. The SMILES string of the molecule is CCS(=O)(=O)NCCCNC(=NC)N1CCN(c2cccs2)CC1. The van der Waals surface area contributed by atoms with Gasteiger partial charge in [-0.05, 0) is 30.9 Å². The van der Waals surface area contributed by atoms with Crippen molar-refractivity contribution in [1.82, 2.24) is 14.9 Å². The zero-order valence-electron chi connectivity index (χ0n) is 14.4. The topological polar surface area (TPSA) is 77.0 Å². The van der Waals surface area contributed by atoms with Gasteiger partial charge in [0.1, 0.15) is 0 Å². The molecule has 0 saturated carbocycles. The zero-order chi connectivity index (χ0) is 17.4. The van der Waals surface area contributed by atoms with E-state index in [-0.39, 0.29) is 5.75 Å². The molecule has 1 aromatic rings. The Hall–Kier alpha value is -1.32. The molecule has 0 radical (unpaired) electrons. The summed E-state index contributed by atoms with van der Waals surface area (Å²) in [5.41, 5.74) is 0. The van der Waals surface area contributed by atoms with Crippen LogP contribution < -0.4 is 14.9 Å². The highest BCUT2D eigenvalue weighted by Crippen LogP contribution is 2.22. The molecular weight excluding hydrogens is 346 g/mol. The summed E-state index contributed by atoms with van der Waals surface area (Å²) in [5, 5.41) is 6.74. The Kier molecular flexibility index (Phi) is 7.32. The maximum absolute atomic E-state index is 11.4. The second-order valence-corrected chi connectivity index (χ2v) is 8.57. The van der Waals surface area contributed by atoms with Crippen molar-refractivity contribution in [2.24, 2.45) is 4.99 Å². The fourth-order valence-electron chi connectivity index (χ4n) is 2.54. The minimum atomic E-state index is -3.10. The summed E-state index contributed by atoms with van der Waals surface area (Å²) in [4.78, 5) is 8.99. The largest absolute Gasteiger partial charge is 0.360 e. The number of nitrogens with zero attached hydrogens (tertiary/aromatic N) is 3. The molecule has 7 nitrogen and oxygen atoms in total. The Labute approximate surface area is 148 Å². The Morgan fingerprint density at radius 3 is 2.62 bits per heavy atom. The van der Waals surface area contributed by atoms with E-state index in [1.165, 1.54) is 5.00 Å². The summed E-state index contributed by atoms with van der Waals surface area (Å²) in [6, 6.07) is 4.24. The average molecular weight is 374 g/mol. The lowest BCUT2D eigenvalue weighted by Crippen LogP contribution is -2.52. The van der Waals surface area contributed by atoms with Crippen molar-refractivity contribution in [3.05, 3.63) is 17.5 Å². The number of aliphatic imine (C=N–C) groups is 1. The summed E-state index contributed by atoms with van der Waals surface area (Å²) < 4.78 is 25.3. The molecule has 1 aliphatic rings. The maximum atomic E-state index is 11.4. The molecule has 1 aromatic heterocycles. The summed E-state index contributed by atoms with van der Waals surface area (Å²) in [7, 11) is -1.31. The highest BCUT2D eigenvalue weighted by atomic mass is 32.2. The smallest absolute Gasteiger partial charge is 0.211 e. The minimum absolute atomic E-state index is 0.122. The summed E-state index contributed by atoms with van der Waals surface area (Å²) in [6.07, 6.45) is 0.730. The van der Waals surface area contributed by atoms with Gasteiger partial charge in [0, 0.05) is 46.3 Å². The van der Waals surface area contributed by atoms with E-state index in [0.717, 1.165) is 38.6 Å². The van der Waals surface area contributed by atoms with E-state index < -0.39 is 10.0 Å². The molecule has 2 rings (SSSR count). The molecule has 0 aliphatic carbocycles. The van der Waals surface area contributed by atoms with E-state index in [2.05, 4.69) is 42.3 Å². The molecule has 2 N–H and O–H groups in total. The van der Waals surface area contributed by atoms with Crippen molar-refractivity contribution < 1.29 is 8.42 Å². The zero-order valence-corrected chi connectivity index (χ0v) is 16.0. The van der Waals surface area contributed by atoms with Crippen LogP contribution >= 0.6 is 11.3 Å². The van der Waals surface area contributed by atoms with Crippen LogP contribution in [0.4, 0.5) is 5.00 Å². The van der Waals surface area contributed by atoms with E-state index in [1.54, 1.807) is 25.3 Å².